The number of nitrogens with one attached hydrogen (secondary N) is 1. The standard InChI is InChI=1S/C12H25N3O2/c1-10(3-2-8-16)14-12(17)9-15-6-4-11(13)5-7-15/h10-11,16H,2-9,13H2,1H3,(H,14,17). The second kappa shape index (κ2) is 7.63. The number of likely N-dealkylation sites (tertiary alicyclic amines) is 1. The van der Waals surface area contributed by atoms with Crippen LogP contribution < -0.4 is 11.1 Å². The molecule has 1 fully saturated rings. The van der Waals surface area contributed by atoms with E-state index in [4.69, 9.17) is 10.8 Å². The summed E-state index contributed by atoms with van der Waals surface area (Å²) in [6.07, 6.45) is 3.52. The smallest absolute Gasteiger partial charge is 0.234 e. The highest BCUT2D eigenvalue weighted by Crippen LogP contribution is 2.07. The van der Waals surface area contributed by atoms with Crippen LogP contribution in [-0.4, -0.2) is 54.2 Å². The van der Waals surface area contributed by atoms with Crippen LogP contribution in [0.1, 0.15) is 32.6 Å². The van der Waals surface area contributed by atoms with Gasteiger partial charge in [-0.15, -0.1) is 0 Å². The van der Waals surface area contributed by atoms with Crippen LogP contribution in [0.4, 0.5) is 0 Å². The number of carbonyl (C=O) groups excluding carboxylic acids is 1. The molecule has 0 aromatic rings. The van der Waals surface area contributed by atoms with Gasteiger partial charge in [-0.05, 0) is 32.6 Å². The lowest BCUT2D eigenvalue weighted by Crippen LogP contribution is -2.46. The maximum absolute atomic E-state index is 11.7. The maximum Gasteiger partial charge on any atom is 0.234 e. The fourth-order valence-electron chi connectivity index (χ4n) is 2.10. The molecule has 0 bridgehead atoms. The van der Waals surface area contributed by atoms with Gasteiger partial charge in [-0.1, -0.05) is 0 Å². The first-order valence-electron chi connectivity index (χ1n) is 6.50. The molecule has 1 aliphatic heterocycles. The minimum absolute atomic E-state index is 0.0749. The molecule has 1 rings (SSSR count). The summed E-state index contributed by atoms with van der Waals surface area (Å²) in [6, 6.07) is 0.444. The van der Waals surface area contributed by atoms with Crippen molar-refractivity contribution in [2.45, 2.75) is 44.7 Å². The van der Waals surface area contributed by atoms with Crippen molar-refractivity contribution in [2.24, 2.45) is 5.73 Å². The number of carbonyl (C=O) groups is 1. The summed E-state index contributed by atoms with van der Waals surface area (Å²) in [7, 11) is 0. The number of nitrogens with two attached hydrogens (primary N) is 1. The molecule has 0 spiro atoms. The molecule has 0 radical (unpaired) electrons. The van der Waals surface area contributed by atoms with E-state index in [0.29, 0.717) is 12.6 Å². The summed E-state index contributed by atoms with van der Waals surface area (Å²) in [5.41, 5.74) is 5.81. The predicted molar refractivity (Wildman–Crippen MR) is 67.6 cm³/mol. The Hall–Kier alpha value is -0.650. The van der Waals surface area contributed by atoms with E-state index in [1.165, 1.54) is 0 Å². The molecule has 17 heavy (non-hydrogen) atoms. The number of aliphatic hydroxyl groups is 1. The molecule has 1 atom stereocenters. The zero-order chi connectivity index (χ0) is 12.7. The van der Waals surface area contributed by atoms with Crippen LogP contribution in [0.25, 0.3) is 0 Å². The first-order valence-corrected chi connectivity index (χ1v) is 6.50. The summed E-state index contributed by atoms with van der Waals surface area (Å²) in [5, 5.41) is 11.7. The summed E-state index contributed by atoms with van der Waals surface area (Å²) in [4.78, 5) is 13.9. The van der Waals surface area contributed by atoms with E-state index >= 15 is 0 Å². The summed E-state index contributed by atoms with van der Waals surface area (Å²) in [6.45, 7) is 4.46. The van der Waals surface area contributed by atoms with Gasteiger partial charge in [0.25, 0.3) is 0 Å². The van der Waals surface area contributed by atoms with E-state index in [9.17, 15) is 4.79 Å². The zero-order valence-electron chi connectivity index (χ0n) is 10.7. The molecular weight excluding hydrogens is 218 g/mol. The first-order chi connectivity index (χ1) is 8.11. The van der Waals surface area contributed by atoms with Crippen molar-refractivity contribution >= 4 is 5.91 Å². The number of aliphatic hydroxyl groups excluding tert-OH is 1. The Balaban J connectivity index is 2.16. The molecule has 4 N–H and O–H groups in total. The maximum atomic E-state index is 11.7. The number of nitrogens with zero attached hydrogens (tertiary/aromatic N) is 1. The van der Waals surface area contributed by atoms with Crippen molar-refractivity contribution in [2.75, 3.05) is 26.2 Å². The van der Waals surface area contributed by atoms with Gasteiger partial charge in [0.2, 0.25) is 5.91 Å². The van der Waals surface area contributed by atoms with Crippen molar-refractivity contribution in [3.8, 4) is 0 Å². The van der Waals surface area contributed by atoms with Gasteiger partial charge in [0.1, 0.15) is 0 Å². The molecule has 0 saturated carbocycles. The molecule has 5 heteroatoms. The Morgan fingerprint density at radius 2 is 2.18 bits per heavy atom. The van der Waals surface area contributed by atoms with Crippen LogP contribution in [0, 0.1) is 0 Å². The number of hydrogen-bond acceptors (Lipinski definition) is 4. The van der Waals surface area contributed by atoms with Crippen LogP contribution in [0.3, 0.4) is 0 Å². The first kappa shape index (κ1) is 14.4. The molecular formula is C12H25N3O2. The Bertz CT molecular complexity index is 228. The van der Waals surface area contributed by atoms with Crippen LogP contribution in [0.2, 0.25) is 0 Å². The molecule has 5 nitrogen and oxygen atoms in total. The molecule has 1 aliphatic rings. The van der Waals surface area contributed by atoms with Gasteiger partial charge in [0, 0.05) is 31.8 Å². The third-order valence-corrected chi connectivity index (χ3v) is 3.20. The fraction of sp³-hybridized carbons (Fsp3) is 0.917. The minimum Gasteiger partial charge on any atom is -0.396 e. The lowest BCUT2D eigenvalue weighted by Gasteiger charge is -2.29. The van der Waals surface area contributed by atoms with Crippen LogP contribution in [-0.2, 0) is 4.79 Å². The van der Waals surface area contributed by atoms with Crippen molar-refractivity contribution in [1.29, 1.82) is 0 Å². The molecule has 1 unspecified atom stereocenters. The SMILES string of the molecule is CC(CCCO)NC(=O)CN1CCC(N)CC1. The number of amides is 1. The molecule has 0 aliphatic carbocycles. The third-order valence-electron chi connectivity index (χ3n) is 3.20. The van der Waals surface area contributed by atoms with Gasteiger partial charge in [-0.2, -0.15) is 0 Å². The van der Waals surface area contributed by atoms with Crippen LogP contribution in [0.15, 0.2) is 0 Å². The minimum atomic E-state index is 0.0749. The van der Waals surface area contributed by atoms with Crippen molar-refractivity contribution in [1.82, 2.24) is 10.2 Å². The van der Waals surface area contributed by atoms with E-state index < -0.39 is 0 Å². The van der Waals surface area contributed by atoms with Gasteiger partial charge in [-0.3, -0.25) is 9.69 Å². The topological polar surface area (TPSA) is 78.6 Å². The lowest BCUT2D eigenvalue weighted by molar-refractivity contribution is -0.123. The number of hydrogen-bond donors (Lipinski definition) is 3. The Morgan fingerprint density at radius 1 is 1.53 bits per heavy atom. The van der Waals surface area contributed by atoms with E-state index in [1.54, 1.807) is 0 Å². The Morgan fingerprint density at radius 3 is 2.76 bits per heavy atom. The van der Waals surface area contributed by atoms with Gasteiger partial charge in [0.05, 0.1) is 6.54 Å². The van der Waals surface area contributed by atoms with Gasteiger partial charge in [0.15, 0.2) is 0 Å². The molecule has 100 valence electrons. The average Bonchev–Trinajstić information content (AvgIpc) is 2.29. The normalized spacial score (nSPS) is 20.2. The van der Waals surface area contributed by atoms with Gasteiger partial charge >= 0.3 is 0 Å². The highest BCUT2D eigenvalue weighted by molar-refractivity contribution is 5.78. The van der Waals surface area contributed by atoms with Crippen molar-refractivity contribution in [3.63, 3.8) is 0 Å². The van der Waals surface area contributed by atoms with E-state index in [-0.39, 0.29) is 18.6 Å². The summed E-state index contributed by atoms with van der Waals surface area (Å²) in [5.74, 6) is 0.0749. The highest BCUT2D eigenvalue weighted by Gasteiger charge is 2.18. The molecule has 1 heterocycles. The molecule has 1 saturated heterocycles. The zero-order valence-corrected chi connectivity index (χ0v) is 10.7. The summed E-state index contributed by atoms with van der Waals surface area (Å²) >= 11 is 0. The van der Waals surface area contributed by atoms with Crippen LogP contribution >= 0.6 is 0 Å². The highest BCUT2D eigenvalue weighted by atomic mass is 16.3. The van der Waals surface area contributed by atoms with E-state index in [2.05, 4.69) is 10.2 Å². The van der Waals surface area contributed by atoms with Crippen molar-refractivity contribution < 1.29 is 9.90 Å². The molecule has 0 aromatic heterocycles. The average molecular weight is 243 g/mol. The summed E-state index contributed by atoms with van der Waals surface area (Å²) < 4.78 is 0. The number of rotatable bonds is 6. The third kappa shape index (κ3) is 6.00. The Labute approximate surface area is 103 Å². The predicted octanol–water partition coefficient (Wildman–Crippen LogP) is -0.313. The van der Waals surface area contributed by atoms with Gasteiger partial charge in [-0.25, -0.2) is 0 Å². The monoisotopic (exact) mass is 243 g/mol. The van der Waals surface area contributed by atoms with Crippen LogP contribution in [0.5, 0.6) is 0 Å². The van der Waals surface area contributed by atoms with E-state index in [0.717, 1.165) is 38.8 Å². The second-order valence-electron chi connectivity index (χ2n) is 4.95. The number of piperidine rings is 1. The van der Waals surface area contributed by atoms with Gasteiger partial charge < -0.3 is 16.2 Å². The second-order valence-corrected chi connectivity index (χ2v) is 4.95. The lowest BCUT2D eigenvalue weighted by atomic mass is 10.1. The molecule has 0 aromatic carbocycles. The molecule has 1 amide bonds. The van der Waals surface area contributed by atoms with Crippen molar-refractivity contribution in [3.05, 3.63) is 0 Å². The quantitative estimate of drug-likeness (QED) is 0.598. The van der Waals surface area contributed by atoms with E-state index in [1.807, 2.05) is 6.92 Å². The fourth-order valence-corrected chi connectivity index (χ4v) is 2.10. The Kier molecular flexibility index (Phi) is 6.47. The largest absolute Gasteiger partial charge is 0.396 e.